The normalized spacial score (nSPS) is 21.1. The van der Waals surface area contributed by atoms with Gasteiger partial charge in [0.1, 0.15) is 0 Å². The molecule has 0 bridgehead atoms. The zero-order valence-corrected chi connectivity index (χ0v) is 26.6. The van der Waals surface area contributed by atoms with E-state index in [4.69, 9.17) is 4.74 Å². The summed E-state index contributed by atoms with van der Waals surface area (Å²) >= 11 is 0. The van der Waals surface area contributed by atoms with Gasteiger partial charge < -0.3 is 30.1 Å². The Morgan fingerprint density at radius 2 is 1.53 bits per heavy atom. The van der Waals surface area contributed by atoms with Crippen LogP contribution in [0.25, 0.3) is 0 Å². The Labute approximate surface area is 273 Å². The van der Waals surface area contributed by atoms with Crippen LogP contribution in [0.15, 0.2) is 48.5 Å². The number of alkyl halides is 3. The Kier molecular flexibility index (Phi) is 10.2. The number of hydrogen-bond acceptors (Lipinski definition) is 5. The number of rotatable bonds is 6. The van der Waals surface area contributed by atoms with Gasteiger partial charge in [0.15, 0.2) is 6.10 Å². The van der Waals surface area contributed by atoms with Gasteiger partial charge in [0.05, 0.1) is 5.56 Å². The van der Waals surface area contributed by atoms with E-state index in [0.717, 1.165) is 68.6 Å². The Balaban J connectivity index is 1.09. The molecule has 4 aliphatic rings. The molecule has 3 fully saturated rings. The molecule has 0 saturated carbocycles. The molecule has 9 nitrogen and oxygen atoms in total. The molecular formula is C35H44F3N5O4. The number of para-hydroxylation sites is 1. The van der Waals surface area contributed by atoms with E-state index in [1.165, 1.54) is 17.0 Å². The van der Waals surface area contributed by atoms with Crippen molar-refractivity contribution < 1.29 is 32.3 Å². The number of likely N-dealkylation sites (tertiary alicyclic amines) is 2. The zero-order valence-electron chi connectivity index (χ0n) is 26.6. The van der Waals surface area contributed by atoms with E-state index >= 15 is 0 Å². The standard InChI is InChI=1S/C35H44F3N5O4/c36-35(37,38)28-6-3-4-24(22-28)23-31(32(44)41-17-10-26(11-18-41)25-8-15-39-16-9-25)47-34(46)42-19-13-29(14-20-42)43-21-12-27-5-1-2-7-30(27)40-33(43)45/h1-7,22,25-26,29,31,39H,8-21,23H2,(H,40,45)/t31-/m1/s1. The van der Waals surface area contributed by atoms with Crippen molar-refractivity contribution >= 4 is 23.7 Å². The number of fused-ring (bicyclic) bond motifs is 1. The molecule has 3 saturated heterocycles. The number of halogens is 3. The average molecular weight is 656 g/mol. The van der Waals surface area contributed by atoms with Gasteiger partial charge in [0, 0.05) is 50.9 Å². The molecule has 12 heteroatoms. The predicted molar refractivity (Wildman–Crippen MR) is 171 cm³/mol. The molecule has 2 aromatic rings. The highest BCUT2D eigenvalue weighted by Gasteiger charge is 2.37. The Bertz CT molecular complexity index is 1420. The third-order valence-corrected chi connectivity index (χ3v) is 10.4. The van der Waals surface area contributed by atoms with Crippen LogP contribution in [-0.2, 0) is 28.5 Å². The number of nitrogens with one attached hydrogen (secondary N) is 2. The molecule has 2 aromatic carbocycles. The number of nitrogens with zero attached hydrogens (tertiary/aromatic N) is 3. The van der Waals surface area contributed by atoms with Crippen molar-refractivity contribution in [2.45, 2.75) is 69.7 Å². The molecule has 0 spiro atoms. The number of ether oxygens (including phenoxy) is 1. The van der Waals surface area contributed by atoms with Crippen molar-refractivity contribution in [3.05, 3.63) is 65.2 Å². The lowest BCUT2D eigenvalue weighted by molar-refractivity contribution is -0.142. The maximum Gasteiger partial charge on any atom is 0.416 e. The van der Waals surface area contributed by atoms with Crippen LogP contribution in [0.3, 0.4) is 0 Å². The average Bonchev–Trinajstić information content (AvgIpc) is 3.26. The summed E-state index contributed by atoms with van der Waals surface area (Å²) in [4.78, 5) is 45.4. The monoisotopic (exact) mass is 655 g/mol. The molecular weight excluding hydrogens is 611 g/mol. The minimum Gasteiger partial charge on any atom is -0.436 e. The summed E-state index contributed by atoms with van der Waals surface area (Å²) in [5.74, 6) is 0.799. The van der Waals surface area contributed by atoms with Gasteiger partial charge in [0.2, 0.25) is 0 Å². The first kappa shape index (κ1) is 33.1. The number of anilines is 1. The first-order valence-electron chi connectivity index (χ1n) is 16.9. The van der Waals surface area contributed by atoms with Crippen molar-refractivity contribution in [2.75, 3.05) is 51.1 Å². The lowest BCUT2D eigenvalue weighted by atomic mass is 9.79. The highest BCUT2D eigenvalue weighted by molar-refractivity contribution is 5.91. The summed E-state index contributed by atoms with van der Waals surface area (Å²) in [5.41, 5.74) is 1.37. The predicted octanol–water partition coefficient (Wildman–Crippen LogP) is 5.55. The quantitative estimate of drug-likeness (QED) is 0.426. The summed E-state index contributed by atoms with van der Waals surface area (Å²) in [7, 11) is 0. The van der Waals surface area contributed by atoms with Crippen LogP contribution in [0.1, 0.15) is 55.2 Å². The molecule has 2 N–H and O–H groups in total. The molecule has 0 unspecified atom stereocenters. The summed E-state index contributed by atoms with van der Waals surface area (Å²) in [6.07, 6.45) is -0.765. The number of piperidine rings is 3. The number of urea groups is 1. The van der Waals surface area contributed by atoms with Crippen molar-refractivity contribution in [3.8, 4) is 0 Å². The summed E-state index contributed by atoms with van der Waals surface area (Å²) in [6, 6.07) is 12.4. The van der Waals surface area contributed by atoms with Crippen molar-refractivity contribution in [1.82, 2.24) is 20.0 Å². The van der Waals surface area contributed by atoms with Gasteiger partial charge in [-0.3, -0.25) is 4.79 Å². The number of carbonyl (C=O) groups excluding carboxylic acids is 3. The molecule has 47 heavy (non-hydrogen) atoms. The van der Waals surface area contributed by atoms with Crippen LogP contribution in [0.5, 0.6) is 0 Å². The van der Waals surface area contributed by atoms with Gasteiger partial charge in [-0.25, -0.2) is 9.59 Å². The molecule has 6 rings (SSSR count). The minimum absolute atomic E-state index is 0.0582. The third kappa shape index (κ3) is 8.02. The van der Waals surface area contributed by atoms with E-state index in [9.17, 15) is 27.6 Å². The topological polar surface area (TPSA) is 94.2 Å². The van der Waals surface area contributed by atoms with E-state index < -0.39 is 23.9 Å². The molecule has 4 heterocycles. The molecule has 1 atom stereocenters. The highest BCUT2D eigenvalue weighted by atomic mass is 19.4. The maximum absolute atomic E-state index is 13.9. The van der Waals surface area contributed by atoms with Crippen LogP contribution in [-0.4, -0.2) is 90.7 Å². The Morgan fingerprint density at radius 1 is 0.851 bits per heavy atom. The molecule has 0 aliphatic carbocycles. The second kappa shape index (κ2) is 14.5. The first-order chi connectivity index (χ1) is 22.7. The van der Waals surface area contributed by atoms with Crippen molar-refractivity contribution in [2.24, 2.45) is 11.8 Å². The smallest absolute Gasteiger partial charge is 0.416 e. The van der Waals surface area contributed by atoms with Crippen LogP contribution in [0.4, 0.5) is 28.4 Å². The molecule has 254 valence electrons. The molecule has 4 amide bonds. The van der Waals surface area contributed by atoms with E-state index in [2.05, 4.69) is 10.6 Å². The molecule has 4 aliphatic heterocycles. The highest BCUT2D eigenvalue weighted by Crippen LogP contribution is 2.33. The maximum atomic E-state index is 13.9. The van der Waals surface area contributed by atoms with E-state index in [1.807, 2.05) is 29.2 Å². The minimum atomic E-state index is -4.53. The fourth-order valence-corrected chi connectivity index (χ4v) is 7.67. The van der Waals surface area contributed by atoms with Crippen LogP contribution < -0.4 is 10.6 Å². The van der Waals surface area contributed by atoms with Gasteiger partial charge in [-0.2, -0.15) is 13.2 Å². The Morgan fingerprint density at radius 3 is 2.26 bits per heavy atom. The number of amides is 4. The van der Waals surface area contributed by atoms with Crippen LogP contribution >= 0.6 is 0 Å². The second-order valence-corrected chi connectivity index (χ2v) is 13.3. The SMILES string of the molecule is O=C(O[C@H](Cc1cccc(C(F)(F)F)c1)C(=O)N1CCC(C2CCNCC2)CC1)N1CCC(N2CCc3ccccc3NC2=O)CC1. The first-order valence-corrected chi connectivity index (χ1v) is 16.9. The van der Waals surface area contributed by atoms with Gasteiger partial charge >= 0.3 is 18.3 Å². The van der Waals surface area contributed by atoms with E-state index in [-0.39, 0.29) is 30.0 Å². The van der Waals surface area contributed by atoms with Crippen molar-refractivity contribution in [1.29, 1.82) is 0 Å². The largest absolute Gasteiger partial charge is 0.436 e. The third-order valence-electron chi connectivity index (χ3n) is 10.4. The number of benzene rings is 2. The van der Waals surface area contributed by atoms with Gasteiger partial charge in [-0.1, -0.05) is 36.4 Å². The zero-order chi connectivity index (χ0) is 33.0. The number of hydrogen-bond donors (Lipinski definition) is 2. The lowest BCUT2D eigenvalue weighted by Crippen LogP contribution is -2.52. The summed E-state index contributed by atoms with van der Waals surface area (Å²) in [5, 5.41) is 6.39. The second-order valence-electron chi connectivity index (χ2n) is 13.3. The van der Waals surface area contributed by atoms with Gasteiger partial charge in [0.25, 0.3) is 5.91 Å². The fourth-order valence-electron chi connectivity index (χ4n) is 7.67. The van der Waals surface area contributed by atoms with Gasteiger partial charge in [-0.05, 0) is 93.1 Å². The van der Waals surface area contributed by atoms with Crippen LogP contribution in [0.2, 0.25) is 0 Å². The van der Waals surface area contributed by atoms with Gasteiger partial charge in [-0.15, -0.1) is 0 Å². The molecule has 0 aromatic heterocycles. The number of carbonyl (C=O) groups is 3. The Hall–Kier alpha value is -3.80. The summed E-state index contributed by atoms with van der Waals surface area (Å²) < 4.78 is 46.3. The van der Waals surface area contributed by atoms with Crippen LogP contribution in [0, 0.1) is 11.8 Å². The fraction of sp³-hybridized carbons (Fsp3) is 0.571. The van der Waals surface area contributed by atoms with Crippen molar-refractivity contribution in [3.63, 3.8) is 0 Å². The van der Waals surface area contributed by atoms with E-state index in [0.29, 0.717) is 57.4 Å². The van der Waals surface area contributed by atoms with E-state index in [1.54, 1.807) is 4.90 Å². The molecule has 0 radical (unpaired) electrons. The summed E-state index contributed by atoms with van der Waals surface area (Å²) in [6.45, 7) is 4.35. The lowest BCUT2D eigenvalue weighted by Gasteiger charge is -2.39.